The lowest BCUT2D eigenvalue weighted by atomic mass is 10.1. The molecule has 0 aromatic heterocycles. The number of hydrogen-bond donors (Lipinski definition) is 2. The molecular weight excluding hydrogens is 317 g/mol. The molecule has 1 rings (SSSR count). The van der Waals surface area contributed by atoms with Crippen LogP contribution in [0.3, 0.4) is 0 Å². The zero-order valence-corrected chi connectivity index (χ0v) is 11.6. The van der Waals surface area contributed by atoms with Gasteiger partial charge in [-0.3, -0.25) is 0 Å². The summed E-state index contributed by atoms with van der Waals surface area (Å²) in [7, 11) is 0. The summed E-state index contributed by atoms with van der Waals surface area (Å²) in [6, 6.07) is 5.72. The van der Waals surface area contributed by atoms with Crippen molar-refractivity contribution >= 4 is 34.2 Å². The van der Waals surface area contributed by atoms with Crippen LogP contribution in [-0.4, -0.2) is 17.1 Å². The monoisotopic (exact) mass is 333 g/mol. The Hall–Kier alpha value is -0.780. The topological polar surface area (TPSA) is 49.3 Å². The first kappa shape index (κ1) is 13.3. The molecule has 0 spiro atoms. The lowest BCUT2D eigenvalue weighted by molar-refractivity contribution is 0.0698. The van der Waals surface area contributed by atoms with Gasteiger partial charge in [0.1, 0.15) is 0 Å². The number of carbonyl (C=O) groups is 1. The van der Waals surface area contributed by atoms with Gasteiger partial charge in [0.25, 0.3) is 0 Å². The van der Waals surface area contributed by atoms with E-state index in [4.69, 9.17) is 5.11 Å². The Morgan fingerprint density at radius 3 is 2.81 bits per heavy atom. The van der Waals surface area contributed by atoms with Crippen LogP contribution in [-0.2, 0) is 0 Å². The maximum atomic E-state index is 11.1. The van der Waals surface area contributed by atoms with Crippen LogP contribution in [0.15, 0.2) is 18.2 Å². The van der Waals surface area contributed by atoms with Gasteiger partial charge < -0.3 is 10.4 Å². The van der Waals surface area contributed by atoms with E-state index in [0.717, 1.165) is 16.4 Å². The number of hydrogen-bond acceptors (Lipinski definition) is 2. The summed E-state index contributed by atoms with van der Waals surface area (Å²) in [6.07, 6.45) is 2.12. The first-order valence-electron chi connectivity index (χ1n) is 5.34. The molecule has 0 saturated heterocycles. The molecule has 0 amide bonds. The van der Waals surface area contributed by atoms with Crippen LogP contribution in [0.4, 0.5) is 5.69 Å². The zero-order chi connectivity index (χ0) is 12.1. The fraction of sp³-hybridized carbons (Fsp3) is 0.417. The molecule has 1 aromatic rings. The summed E-state index contributed by atoms with van der Waals surface area (Å²) in [5, 5.41) is 12.3. The molecule has 0 fully saturated rings. The molecule has 88 valence electrons. The predicted octanol–water partition coefficient (Wildman–Crippen LogP) is 3.59. The molecular formula is C12H16INO2. The van der Waals surface area contributed by atoms with Crippen LogP contribution >= 0.6 is 22.6 Å². The van der Waals surface area contributed by atoms with Gasteiger partial charge in [0.15, 0.2) is 0 Å². The summed E-state index contributed by atoms with van der Waals surface area (Å²) in [5.41, 5.74) is 1.05. The second-order valence-corrected chi connectivity index (χ2v) is 5.07. The predicted molar refractivity (Wildman–Crippen MR) is 74.1 cm³/mol. The van der Waals surface area contributed by atoms with Crippen LogP contribution < -0.4 is 5.32 Å². The van der Waals surface area contributed by atoms with Crippen molar-refractivity contribution < 1.29 is 9.90 Å². The molecule has 4 heteroatoms. The third-order valence-corrected chi connectivity index (χ3v) is 3.01. The van der Waals surface area contributed by atoms with Gasteiger partial charge in [0.2, 0.25) is 0 Å². The van der Waals surface area contributed by atoms with Gasteiger partial charge in [0, 0.05) is 15.3 Å². The average Bonchev–Trinajstić information content (AvgIpc) is 2.20. The highest BCUT2D eigenvalue weighted by Crippen LogP contribution is 2.20. The van der Waals surface area contributed by atoms with Gasteiger partial charge in [-0.2, -0.15) is 0 Å². The number of carboxylic acid groups (broad SMARTS) is 1. The molecule has 0 heterocycles. The van der Waals surface area contributed by atoms with Crippen LogP contribution in [0.2, 0.25) is 0 Å². The van der Waals surface area contributed by atoms with Gasteiger partial charge >= 0.3 is 5.97 Å². The van der Waals surface area contributed by atoms with Gasteiger partial charge in [-0.25, -0.2) is 4.79 Å². The van der Waals surface area contributed by atoms with Crippen LogP contribution in [0.25, 0.3) is 0 Å². The van der Waals surface area contributed by atoms with Crippen LogP contribution in [0.1, 0.15) is 37.0 Å². The van der Waals surface area contributed by atoms with Gasteiger partial charge in [0.05, 0.1) is 5.56 Å². The van der Waals surface area contributed by atoms with Gasteiger partial charge in [-0.15, -0.1) is 0 Å². The smallest absolute Gasteiger partial charge is 0.337 e. The highest BCUT2D eigenvalue weighted by Gasteiger charge is 2.11. The molecule has 16 heavy (non-hydrogen) atoms. The van der Waals surface area contributed by atoms with E-state index in [9.17, 15) is 4.79 Å². The Bertz CT molecular complexity index is 379. The van der Waals surface area contributed by atoms with E-state index in [0.29, 0.717) is 17.3 Å². The standard InChI is InChI=1S/C12H16INO2/c1-3-4-8(2)14-11-6-5-9(13)7-10(11)12(15)16/h5-8,14H,3-4H2,1-2H3,(H,15,16). The number of aromatic carboxylic acids is 1. The van der Waals surface area contributed by atoms with Crippen molar-refractivity contribution in [3.63, 3.8) is 0 Å². The van der Waals surface area contributed by atoms with Crippen molar-refractivity contribution in [3.05, 3.63) is 27.3 Å². The highest BCUT2D eigenvalue weighted by molar-refractivity contribution is 14.1. The molecule has 1 unspecified atom stereocenters. The molecule has 1 aromatic carbocycles. The third kappa shape index (κ3) is 3.66. The lowest BCUT2D eigenvalue weighted by Crippen LogP contribution is -2.17. The molecule has 0 bridgehead atoms. The summed E-state index contributed by atoms with van der Waals surface area (Å²) < 4.78 is 0.934. The Balaban J connectivity index is 2.90. The Morgan fingerprint density at radius 2 is 2.25 bits per heavy atom. The Kier molecular flexibility index (Phi) is 5.05. The van der Waals surface area contributed by atoms with Crippen molar-refractivity contribution in [1.82, 2.24) is 0 Å². The molecule has 1 atom stereocenters. The molecule has 0 radical (unpaired) electrons. The SMILES string of the molecule is CCCC(C)Nc1ccc(I)cc1C(=O)O. The van der Waals surface area contributed by atoms with Crippen molar-refractivity contribution in [1.29, 1.82) is 0 Å². The van der Waals surface area contributed by atoms with E-state index < -0.39 is 5.97 Å². The van der Waals surface area contributed by atoms with E-state index in [1.807, 2.05) is 12.1 Å². The number of carboxylic acids is 1. The number of nitrogens with one attached hydrogen (secondary N) is 1. The molecule has 0 saturated carbocycles. The first-order valence-corrected chi connectivity index (χ1v) is 6.41. The zero-order valence-electron chi connectivity index (χ0n) is 9.46. The van der Waals surface area contributed by atoms with E-state index in [1.54, 1.807) is 6.07 Å². The minimum Gasteiger partial charge on any atom is -0.478 e. The molecule has 2 N–H and O–H groups in total. The van der Waals surface area contributed by atoms with E-state index in [1.165, 1.54) is 0 Å². The summed E-state index contributed by atoms with van der Waals surface area (Å²) in [4.78, 5) is 11.1. The molecule has 3 nitrogen and oxygen atoms in total. The largest absolute Gasteiger partial charge is 0.478 e. The van der Waals surface area contributed by atoms with Crippen molar-refractivity contribution in [2.75, 3.05) is 5.32 Å². The lowest BCUT2D eigenvalue weighted by Gasteiger charge is -2.16. The fourth-order valence-corrected chi connectivity index (χ4v) is 2.08. The second-order valence-electron chi connectivity index (χ2n) is 3.83. The van der Waals surface area contributed by atoms with Crippen molar-refractivity contribution in [2.45, 2.75) is 32.7 Å². The van der Waals surface area contributed by atoms with Gasteiger partial charge in [-0.1, -0.05) is 13.3 Å². The minimum atomic E-state index is -0.885. The van der Waals surface area contributed by atoms with E-state index in [-0.39, 0.29) is 0 Å². The van der Waals surface area contributed by atoms with Crippen molar-refractivity contribution in [2.24, 2.45) is 0 Å². The number of halogens is 1. The highest BCUT2D eigenvalue weighted by atomic mass is 127. The van der Waals surface area contributed by atoms with E-state index >= 15 is 0 Å². The van der Waals surface area contributed by atoms with Crippen molar-refractivity contribution in [3.8, 4) is 0 Å². The fourth-order valence-electron chi connectivity index (χ4n) is 1.59. The number of rotatable bonds is 5. The number of anilines is 1. The molecule has 0 aliphatic rings. The normalized spacial score (nSPS) is 12.2. The summed E-state index contributed by atoms with van der Waals surface area (Å²) in [6.45, 7) is 4.18. The van der Waals surface area contributed by atoms with Crippen LogP contribution in [0, 0.1) is 3.57 Å². The quantitative estimate of drug-likeness (QED) is 0.810. The van der Waals surface area contributed by atoms with Gasteiger partial charge in [-0.05, 0) is 54.1 Å². The van der Waals surface area contributed by atoms with E-state index in [2.05, 4.69) is 41.8 Å². The summed E-state index contributed by atoms with van der Waals surface area (Å²) >= 11 is 2.11. The average molecular weight is 333 g/mol. The maximum absolute atomic E-state index is 11.1. The van der Waals surface area contributed by atoms with Crippen LogP contribution in [0.5, 0.6) is 0 Å². The maximum Gasteiger partial charge on any atom is 0.337 e. The summed E-state index contributed by atoms with van der Waals surface area (Å²) in [5.74, 6) is -0.885. The second kappa shape index (κ2) is 6.08. The third-order valence-electron chi connectivity index (χ3n) is 2.34. The number of benzene rings is 1. The molecule has 0 aliphatic carbocycles. The minimum absolute atomic E-state index is 0.295. The Labute approximate surface area is 109 Å². The first-order chi connectivity index (χ1) is 7.54. The Morgan fingerprint density at radius 1 is 1.56 bits per heavy atom. The molecule has 0 aliphatic heterocycles.